The molecule has 0 saturated heterocycles. The van der Waals surface area contributed by atoms with Crippen molar-refractivity contribution in [3.8, 4) is 0 Å². The molecule has 0 aliphatic carbocycles. The Morgan fingerprint density at radius 2 is 2.19 bits per heavy atom. The number of hydrogen-bond donors (Lipinski definition) is 1. The molecule has 6 nitrogen and oxygen atoms in total. The number of carboxylic acid groups (broad SMARTS) is 1. The summed E-state index contributed by atoms with van der Waals surface area (Å²) in [6, 6.07) is 0. The van der Waals surface area contributed by atoms with Gasteiger partial charge in [0.2, 0.25) is 0 Å². The zero-order chi connectivity index (χ0) is 12.1. The zero-order valence-corrected chi connectivity index (χ0v) is 9.27. The molecule has 16 heavy (non-hydrogen) atoms. The second kappa shape index (κ2) is 5.29. The van der Waals surface area contributed by atoms with E-state index in [1.54, 1.807) is 6.92 Å². The Kier molecular flexibility index (Phi) is 4.04. The molecule has 0 bridgehead atoms. The van der Waals surface area contributed by atoms with Gasteiger partial charge in [0.1, 0.15) is 5.56 Å². The van der Waals surface area contributed by atoms with E-state index in [1.165, 1.54) is 10.9 Å². The second-order valence-electron chi connectivity index (χ2n) is 3.18. The van der Waals surface area contributed by atoms with Gasteiger partial charge in [0.25, 0.3) is 0 Å². The summed E-state index contributed by atoms with van der Waals surface area (Å²) in [7, 11) is 0. The molecule has 0 radical (unpaired) electrons. The molecule has 0 atom stereocenters. The quantitative estimate of drug-likeness (QED) is 0.762. The first kappa shape index (κ1) is 12.2. The highest BCUT2D eigenvalue weighted by Crippen LogP contribution is 2.09. The van der Waals surface area contributed by atoms with Gasteiger partial charge < -0.3 is 9.84 Å². The van der Waals surface area contributed by atoms with E-state index in [2.05, 4.69) is 5.10 Å². The van der Waals surface area contributed by atoms with Crippen LogP contribution in [0.15, 0.2) is 6.20 Å². The van der Waals surface area contributed by atoms with Crippen LogP contribution in [0, 0.1) is 0 Å². The molecule has 0 fully saturated rings. The molecule has 1 heterocycles. The summed E-state index contributed by atoms with van der Waals surface area (Å²) in [6.07, 6.45) is 2.15. The molecule has 0 saturated carbocycles. The summed E-state index contributed by atoms with van der Waals surface area (Å²) in [5.74, 6) is -1.87. The lowest BCUT2D eigenvalue weighted by atomic mass is 10.2. The summed E-state index contributed by atoms with van der Waals surface area (Å²) in [6.45, 7) is 4.35. The van der Waals surface area contributed by atoms with Crippen LogP contribution in [0.3, 0.4) is 0 Å². The number of esters is 1. The minimum atomic E-state index is -1.18. The van der Waals surface area contributed by atoms with Gasteiger partial charge in [-0.05, 0) is 13.3 Å². The number of ether oxygens (including phenoxy) is 1. The Bertz CT molecular complexity index is 398. The van der Waals surface area contributed by atoms with Gasteiger partial charge in [0, 0.05) is 12.7 Å². The molecular formula is C10H14N2O4. The molecule has 88 valence electrons. The van der Waals surface area contributed by atoms with Gasteiger partial charge in [-0.3, -0.25) is 4.68 Å². The Labute approximate surface area is 92.8 Å². The van der Waals surface area contributed by atoms with Gasteiger partial charge in [0.15, 0.2) is 5.69 Å². The average molecular weight is 226 g/mol. The van der Waals surface area contributed by atoms with Crippen molar-refractivity contribution in [1.29, 1.82) is 0 Å². The third-order valence-electron chi connectivity index (χ3n) is 1.91. The maximum Gasteiger partial charge on any atom is 0.359 e. The lowest BCUT2D eigenvalue weighted by Crippen LogP contribution is -2.11. The lowest BCUT2D eigenvalue weighted by Gasteiger charge is -1.98. The number of aryl methyl sites for hydroxylation is 1. The molecule has 1 aromatic rings. The van der Waals surface area contributed by atoms with E-state index in [1.807, 2.05) is 6.92 Å². The van der Waals surface area contributed by atoms with Crippen molar-refractivity contribution in [3.63, 3.8) is 0 Å². The molecule has 0 aliphatic heterocycles. The van der Waals surface area contributed by atoms with Crippen molar-refractivity contribution in [1.82, 2.24) is 9.78 Å². The summed E-state index contributed by atoms with van der Waals surface area (Å²) in [4.78, 5) is 22.3. The molecular weight excluding hydrogens is 212 g/mol. The highest BCUT2D eigenvalue weighted by atomic mass is 16.5. The number of carbonyl (C=O) groups excluding carboxylic acids is 1. The number of aromatic carboxylic acids is 1. The van der Waals surface area contributed by atoms with Gasteiger partial charge in [-0.25, -0.2) is 9.59 Å². The van der Waals surface area contributed by atoms with E-state index in [4.69, 9.17) is 9.84 Å². The van der Waals surface area contributed by atoms with Crippen molar-refractivity contribution in [2.45, 2.75) is 26.8 Å². The van der Waals surface area contributed by atoms with Crippen LogP contribution in [0.4, 0.5) is 0 Å². The molecule has 0 unspecified atom stereocenters. The normalized spacial score (nSPS) is 10.1. The van der Waals surface area contributed by atoms with Gasteiger partial charge in [0.05, 0.1) is 6.61 Å². The van der Waals surface area contributed by atoms with Crippen molar-refractivity contribution in [2.75, 3.05) is 6.61 Å². The molecule has 1 N–H and O–H groups in total. The second-order valence-corrected chi connectivity index (χ2v) is 3.18. The number of aromatic nitrogens is 2. The number of carbonyl (C=O) groups is 2. The average Bonchev–Trinajstić information content (AvgIpc) is 2.63. The summed E-state index contributed by atoms with van der Waals surface area (Å²) >= 11 is 0. The SMILES string of the molecule is CCCn1cc(C(=O)O)c(C(=O)OCC)n1. The predicted molar refractivity (Wildman–Crippen MR) is 55.4 cm³/mol. The Hall–Kier alpha value is -1.85. The van der Waals surface area contributed by atoms with Crippen LogP contribution in [-0.4, -0.2) is 33.4 Å². The number of nitrogens with zero attached hydrogens (tertiary/aromatic N) is 2. The van der Waals surface area contributed by atoms with Crippen LogP contribution in [-0.2, 0) is 11.3 Å². The lowest BCUT2D eigenvalue weighted by molar-refractivity contribution is 0.0507. The molecule has 1 aromatic heterocycles. The van der Waals surface area contributed by atoms with E-state index in [-0.39, 0.29) is 17.9 Å². The first-order valence-electron chi connectivity index (χ1n) is 5.08. The van der Waals surface area contributed by atoms with Crippen LogP contribution < -0.4 is 0 Å². The van der Waals surface area contributed by atoms with Gasteiger partial charge >= 0.3 is 11.9 Å². The van der Waals surface area contributed by atoms with Crippen LogP contribution in [0.25, 0.3) is 0 Å². The Balaban J connectivity index is 3.04. The smallest absolute Gasteiger partial charge is 0.359 e. The zero-order valence-electron chi connectivity index (χ0n) is 9.27. The Morgan fingerprint density at radius 1 is 1.50 bits per heavy atom. The number of carboxylic acids is 1. The van der Waals surface area contributed by atoms with E-state index >= 15 is 0 Å². The molecule has 0 aromatic carbocycles. The van der Waals surface area contributed by atoms with Crippen molar-refractivity contribution in [2.24, 2.45) is 0 Å². The minimum absolute atomic E-state index is 0.119. The van der Waals surface area contributed by atoms with Gasteiger partial charge in [-0.2, -0.15) is 5.10 Å². The summed E-state index contributed by atoms with van der Waals surface area (Å²) < 4.78 is 6.17. The fraction of sp³-hybridized carbons (Fsp3) is 0.500. The molecule has 0 amide bonds. The van der Waals surface area contributed by atoms with Gasteiger partial charge in [-0.15, -0.1) is 0 Å². The monoisotopic (exact) mass is 226 g/mol. The van der Waals surface area contributed by atoms with Crippen LogP contribution >= 0.6 is 0 Å². The molecule has 0 aliphatic rings. The third-order valence-corrected chi connectivity index (χ3v) is 1.91. The van der Waals surface area contributed by atoms with Crippen molar-refractivity contribution < 1.29 is 19.4 Å². The van der Waals surface area contributed by atoms with E-state index in [0.29, 0.717) is 6.54 Å². The predicted octanol–water partition coefficient (Wildman–Crippen LogP) is 1.17. The third kappa shape index (κ3) is 2.59. The highest BCUT2D eigenvalue weighted by molar-refractivity contribution is 6.00. The summed E-state index contributed by atoms with van der Waals surface area (Å²) in [5, 5.41) is 12.8. The first-order valence-corrected chi connectivity index (χ1v) is 5.08. The molecule has 6 heteroatoms. The fourth-order valence-electron chi connectivity index (χ4n) is 1.27. The van der Waals surface area contributed by atoms with E-state index in [0.717, 1.165) is 6.42 Å². The molecule has 1 rings (SSSR count). The maximum absolute atomic E-state index is 11.4. The van der Waals surface area contributed by atoms with Crippen LogP contribution in [0.5, 0.6) is 0 Å². The maximum atomic E-state index is 11.4. The molecule has 0 spiro atoms. The van der Waals surface area contributed by atoms with Crippen LogP contribution in [0.2, 0.25) is 0 Å². The van der Waals surface area contributed by atoms with E-state index in [9.17, 15) is 9.59 Å². The van der Waals surface area contributed by atoms with E-state index < -0.39 is 11.9 Å². The van der Waals surface area contributed by atoms with Crippen molar-refractivity contribution in [3.05, 3.63) is 17.5 Å². The standard InChI is InChI=1S/C10H14N2O4/c1-3-5-12-6-7(9(13)14)8(11-12)10(15)16-4-2/h6H,3-5H2,1-2H3,(H,13,14). The minimum Gasteiger partial charge on any atom is -0.478 e. The van der Waals surface area contributed by atoms with Gasteiger partial charge in [-0.1, -0.05) is 6.92 Å². The van der Waals surface area contributed by atoms with Crippen LogP contribution in [0.1, 0.15) is 41.1 Å². The number of rotatable bonds is 5. The number of hydrogen-bond acceptors (Lipinski definition) is 4. The topological polar surface area (TPSA) is 81.4 Å². The first-order chi connectivity index (χ1) is 7.60. The summed E-state index contributed by atoms with van der Waals surface area (Å²) in [5.41, 5.74) is -0.255. The highest BCUT2D eigenvalue weighted by Gasteiger charge is 2.22. The van der Waals surface area contributed by atoms with Crippen molar-refractivity contribution >= 4 is 11.9 Å². The Morgan fingerprint density at radius 3 is 2.69 bits per heavy atom. The largest absolute Gasteiger partial charge is 0.478 e. The fourth-order valence-corrected chi connectivity index (χ4v) is 1.27.